The fourth-order valence-corrected chi connectivity index (χ4v) is 3.31. The highest BCUT2D eigenvalue weighted by atomic mass is 79.9. The first-order valence-corrected chi connectivity index (χ1v) is 8.48. The van der Waals surface area contributed by atoms with Crippen LogP contribution in [0.25, 0.3) is 0 Å². The Balaban J connectivity index is 1.77. The lowest BCUT2D eigenvalue weighted by Gasteiger charge is -2.20. The van der Waals surface area contributed by atoms with Crippen LogP contribution in [0.1, 0.15) is 18.5 Å². The average Bonchev–Trinajstić information content (AvgIpc) is 2.47. The maximum Gasteiger partial charge on any atom is 0.234 e. The summed E-state index contributed by atoms with van der Waals surface area (Å²) in [5.74, 6) is 0.556. The molecular weight excluding hydrogens is 348 g/mol. The summed E-state index contributed by atoms with van der Waals surface area (Å²) in [5, 5.41) is 6.38. The second-order valence-electron chi connectivity index (χ2n) is 4.97. The third-order valence-electron chi connectivity index (χ3n) is 3.37. The van der Waals surface area contributed by atoms with E-state index in [1.165, 1.54) is 5.56 Å². The van der Waals surface area contributed by atoms with Gasteiger partial charge in [0, 0.05) is 21.1 Å². The predicted molar refractivity (Wildman–Crippen MR) is 92.0 cm³/mol. The van der Waals surface area contributed by atoms with Crippen LogP contribution in [0, 0.1) is 0 Å². The number of carbonyl (C=O) groups is 1. The summed E-state index contributed by atoms with van der Waals surface area (Å²) in [6.07, 6.45) is 0. The SMILES string of the molecule is CC(Nc1ccc2c(c1)NC(=O)CS2)c1ccc(Br)cc1. The van der Waals surface area contributed by atoms with E-state index >= 15 is 0 Å². The van der Waals surface area contributed by atoms with E-state index in [2.05, 4.69) is 57.8 Å². The molecule has 0 saturated carbocycles. The number of carbonyl (C=O) groups excluding carboxylic acids is 1. The maximum atomic E-state index is 11.5. The zero-order valence-corrected chi connectivity index (χ0v) is 13.9. The topological polar surface area (TPSA) is 41.1 Å². The molecule has 108 valence electrons. The van der Waals surface area contributed by atoms with Gasteiger partial charge in [-0.1, -0.05) is 28.1 Å². The van der Waals surface area contributed by atoms with E-state index in [-0.39, 0.29) is 11.9 Å². The number of rotatable bonds is 3. The van der Waals surface area contributed by atoms with Gasteiger partial charge in [0.25, 0.3) is 0 Å². The first-order valence-electron chi connectivity index (χ1n) is 6.70. The second kappa shape index (κ2) is 6.12. The molecule has 0 saturated heterocycles. The third-order valence-corrected chi connectivity index (χ3v) is 4.97. The third kappa shape index (κ3) is 3.41. The molecule has 1 atom stereocenters. The van der Waals surface area contributed by atoms with Crippen molar-refractivity contribution in [3.8, 4) is 0 Å². The van der Waals surface area contributed by atoms with Crippen molar-refractivity contribution >= 4 is 45.0 Å². The van der Waals surface area contributed by atoms with E-state index in [1.54, 1.807) is 11.8 Å². The van der Waals surface area contributed by atoms with Gasteiger partial charge >= 0.3 is 0 Å². The minimum atomic E-state index is 0.0607. The minimum Gasteiger partial charge on any atom is -0.378 e. The number of halogens is 1. The number of benzene rings is 2. The van der Waals surface area contributed by atoms with Crippen LogP contribution >= 0.6 is 27.7 Å². The number of amides is 1. The monoisotopic (exact) mass is 362 g/mol. The van der Waals surface area contributed by atoms with Gasteiger partial charge in [0.2, 0.25) is 5.91 Å². The van der Waals surface area contributed by atoms with E-state index < -0.39 is 0 Å². The summed E-state index contributed by atoms with van der Waals surface area (Å²) >= 11 is 5.02. The molecule has 5 heteroatoms. The average molecular weight is 363 g/mol. The molecule has 1 unspecified atom stereocenters. The van der Waals surface area contributed by atoms with Gasteiger partial charge in [-0.3, -0.25) is 4.79 Å². The standard InChI is InChI=1S/C16H15BrN2OS/c1-10(11-2-4-12(17)5-3-11)18-13-6-7-15-14(8-13)19-16(20)9-21-15/h2-8,10,18H,9H2,1H3,(H,19,20). The van der Waals surface area contributed by atoms with Crippen LogP contribution in [0.4, 0.5) is 11.4 Å². The molecule has 3 rings (SSSR count). The van der Waals surface area contributed by atoms with Crippen LogP contribution in [0.5, 0.6) is 0 Å². The smallest absolute Gasteiger partial charge is 0.234 e. The van der Waals surface area contributed by atoms with Crippen molar-refractivity contribution < 1.29 is 4.79 Å². The van der Waals surface area contributed by atoms with E-state index in [1.807, 2.05) is 18.2 Å². The van der Waals surface area contributed by atoms with Crippen molar-refractivity contribution in [1.29, 1.82) is 0 Å². The highest BCUT2D eigenvalue weighted by molar-refractivity contribution is 9.10. The molecule has 0 aliphatic carbocycles. The summed E-state index contributed by atoms with van der Waals surface area (Å²) in [4.78, 5) is 12.6. The van der Waals surface area contributed by atoms with Gasteiger partial charge < -0.3 is 10.6 Å². The number of hydrogen-bond acceptors (Lipinski definition) is 3. The molecule has 2 N–H and O–H groups in total. The van der Waals surface area contributed by atoms with Gasteiger partial charge in [-0.05, 0) is 42.8 Å². The molecule has 0 fully saturated rings. The van der Waals surface area contributed by atoms with Gasteiger partial charge in [-0.2, -0.15) is 0 Å². The van der Waals surface area contributed by atoms with Crippen LogP contribution in [0.15, 0.2) is 51.8 Å². The van der Waals surface area contributed by atoms with E-state index in [0.29, 0.717) is 5.75 Å². The van der Waals surface area contributed by atoms with Gasteiger partial charge in [-0.15, -0.1) is 11.8 Å². The Bertz CT molecular complexity index is 672. The molecule has 1 heterocycles. The molecule has 0 spiro atoms. The fraction of sp³-hybridized carbons (Fsp3) is 0.188. The van der Waals surface area contributed by atoms with Crippen LogP contribution < -0.4 is 10.6 Å². The lowest BCUT2D eigenvalue weighted by molar-refractivity contribution is -0.113. The molecule has 2 aromatic rings. The van der Waals surface area contributed by atoms with Gasteiger partial charge in [0.1, 0.15) is 0 Å². The molecule has 1 amide bonds. The van der Waals surface area contributed by atoms with Crippen molar-refractivity contribution in [2.75, 3.05) is 16.4 Å². The summed E-state index contributed by atoms with van der Waals surface area (Å²) < 4.78 is 1.08. The first-order chi connectivity index (χ1) is 10.1. The molecule has 0 bridgehead atoms. The second-order valence-corrected chi connectivity index (χ2v) is 6.90. The van der Waals surface area contributed by atoms with Crippen LogP contribution in [-0.2, 0) is 4.79 Å². The molecule has 1 aliphatic heterocycles. The Morgan fingerprint density at radius 1 is 1.24 bits per heavy atom. The van der Waals surface area contributed by atoms with Crippen LogP contribution in [0.3, 0.4) is 0 Å². The first kappa shape index (κ1) is 14.5. The summed E-state index contributed by atoms with van der Waals surface area (Å²) in [6, 6.07) is 14.6. The van der Waals surface area contributed by atoms with Gasteiger partial charge in [0.15, 0.2) is 0 Å². The van der Waals surface area contributed by atoms with Crippen molar-refractivity contribution in [3.05, 3.63) is 52.5 Å². The largest absolute Gasteiger partial charge is 0.378 e. The van der Waals surface area contributed by atoms with Gasteiger partial charge in [0.05, 0.1) is 11.4 Å². The fourth-order valence-electron chi connectivity index (χ4n) is 2.26. The predicted octanol–water partition coefficient (Wildman–Crippen LogP) is 4.67. The lowest BCUT2D eigenvalue weighted by atomic mass is 10.1. The molecular formula is C16H15BrN2OS. The molecule has 2 aromatic carbocycles. The van der Waals surface area contributed by atoms with Gasteiger partial charge in [-0.25, -0.2) is 0 Å². The van der Waals surface area contributed by atoms with E-state index in [0.717, 1.165) is 20.7 Å². The Labute approximate surface area is 136 Å². The number of thioether (sulfide) groups is 1. The number of hydrogen-bond donors (Lipinski definition) is 2. The Kier molecular flexibility index (Phi) is 4.22. The molecule has 21 heavy (non-hydrogen) atoms. The maximum absolute atomic E-state index is 11.5. The van der Waals surface area contributed by atoms with Crippen molar-refractivity contribution in [3.63, 3.8) is 0 Å². The number of fused-ring (bicyclic) bond motifs is 1. The molecule has 0 aromatic heterocycles. The normalized spacial score (nSPS) is 15.0. The van der Waals surface area contributed by atoms with E-state index in [9.17, 15) is 4.79 Å². The van der Waals surface area contributed by atoms with E-state index in [4.69, 9.17) is 0 Å². The Morgan fingerprint density at radius 3 is 2.76 bits per heavy atom. The van der Waals surface area contributed by atoms with Crippen molar-refractivity contribution in [2.24, 2.45) is 0 Å². The highest BCUT2D eigenvalue weighted by Crippen LogP contribution is 2.34. The van der Waals surface area contributed by atoms with Crippen molar-refractivity contribution in [1.82, 2.24) is 0 Å². The summed E-state index contributed by atoms with van der Waals surface area (Å²) in [5.41, 5.74) is 3.12. The summed E-state index contributed by atoms with van der Waals surface area (Å²) in [6.45, 7) is 2.12. The molecule has 1 aliphatic rings. The molecule has 0 radical (unpaired) electrons. The lowest BCUT2D eigenvalue weighted by Crippen LogP contribution is -2.18. The Hall–Kier alpha value is -1.46. The van der Waals surface area contributed by atoms with Crippen molar-refractivity contribution in [2.45, 2.75) is 17.9 Å². The van der Waals surface area contributed by atoms with Crippen LogP contribution in [-0.4, -0.2) is 11.7 Å². The quantitative estimate of drug-likeness (QED) is 0.833. The zero-order chi connectivity index (χ0) is 14.8. The number of nitrogens with one attached hydrogen (secondary N) is 2. The zero-order valence-electron chi connectivity index (χ0n) is 11.5. The van der Waals surface area contributed by atoms with Crippen LogP contribution in [0.2, 0.25) is 0 Å². The number of anilines is 2. The molecule has 3 nitrogen and oxygen atoms in total. The Morgan fingerprint density at radius 2 is 2.00 bits per heavy atom. The minimum absolute atomic E-state index is 0.0607. The summed E-state index contributed by atoms with van der Waals surface area (Å²) in [7, 11) is 0. The highest BCUT2D eigenvalue weighted by Gasteiger charge is 2.16.